The molecule has 0 fully saturated rings. The normalized spacial score (nSPS) is 13.2. The summed E-state index contributed by atoms with van der Waals surface area (Å²) < 4.78 is 1.22. The molecule has 0 aliphatic carbocycles. The van der Waals surface area contributed by atoms with Gasteiger partial charge in [0.1, 0.15) is 0 Å². The van der Waals surface area contributed by atoms with Crippen LogP contribution in [0.2, 0.25) is 0 Å². The molecule has 0 amide bonds. The molecule has 1 unspecified atom stereocenters. The van der Waals surface area contributed by atoms with Crippen LogP contribution in [0.1, 0.15) is 18.7 Å². The van der Waals surface area contributed by atoms with E-state index in [1.165, 1.54) is 8.66 Å². The SMILES string of the molecule is CNCC(CNCCc1ccc(Br)s1)C(C)C. The molecule has 0 radical (unpaired) electrons. The molecule has 17 heavy (non-hydrogen) atoms. The van der Waals surface area contributed by atoms with E-state index in [0.717, 1.165) is 37.9 Å². The lowest BCUT2D eigenvalue weighted by atomic mass is 9.96. The smallest absolute Gasteiger partial charge is 0.0701 e. The molecule has 0 spiro atoms. The molecule has 0 saturated carbocycles. The zero-order valence-electron chi connectivity index (χ0n) is 10.9. The summed E-state index contributed by atoms with van der Waals surface area (Å²) in [5.74, 6) is 1.45. The summed E-state index contributed by atoms with van der Waals surface area (Å²) in [4.78, 5) is 1.44. The van der Waals surface area contributed by atoms with Crippen molar-refractivity contribution >= 4 is 27.3 Å². The summed E-state index contributed by atoms with van der Waals surface area (Å²) in [7, 11) is 2.03. The summed E-state index contributed by atoms with van der Waals surface area (Å²) in [6, 6.07) is 4.32. The van der Waals surface area contributed by atoms with Crippen molar-refractivity contribution < 1.29 is 0 Å². The Labute approximate surface area is 117 Å². The monoisotopic (exact) mass is 318 g/mol. The molecular formula is C13H23BrN2S. The molecule has 1 aromatic heterocycles. The lowest BCUT2D eigenvalue weighted by Crippen LogP contribution is -2.33. The standard InChI is InChI=1S/C13H23BrN2S/c1-10(2)11(8-15-3)9-16-7-6-12-4-5-13(14)17-12/h4-5,10-11,15-16H,6-9H2,1-3H3. The largest absolute Gasteiger partial charge is 0.319 e. The second-order valence-corrected chi connectivity index (χ2v) is 7.27. The molecule has 2 N–H and O–H groups in total. The number of thiophene rings is 1. The Bertz CT molecular complexity index is 312. The highest BCUT2D eigenvalue weighted by atomic mass is 79.9. The van der Waals surface area contributed by atoms with Gasteiger partial charge in [-0.25, -0.2) is 0 Å². The molecule has 1 rings (SSSR count). The molecule has 2 nitrogen and oxygen atoms in total. The zero-order chi connectivity index (χ0) is 12.7. The van der Waals surface area contributed by atoms with Crippen LogP contribution in [0.5, 0.6) is 0 Å². The van der Waals surface area contributed by atoms with Gasteiger partial charge in [-0.1, -0.05) is 13.8 Å². The second kappa shape index (κ2) is 8.25. The Kier molecular flexibility index (Phi) is 7.35. The van der Waals surface area contributed by atoms with Crippen LogP contribution < -0.4 is 10.6 Å². The highest BCUT2D eigenvalue weighted by Crippen LogP contribution is 2.22. The fourth-order valence-corrected chi connectivity index (χ4v) is 3.27. The van der Waals surface area contributed by atoms with Gasteiger partial charge >= 0.3 is 0 Å². The van der Waals surface area contributed by atoms with Gasteiger partial charge in [0.25, 0.3) is 0 Å². The van der Waals surface area contributed by atoms with Gasteiger partial charge in [0.05, 0.1) is 3.79 Å². The van der Waals surface area contributed by atoms with Gasteiger partial charge in [0.2, 0.25) is 0 Å². The van der Waals surface area contributed by atoms with Gasteiger partial charge in [-0.3, -0.25) is 0 Å². The fraction of sp³-hybridized carbons (Fsp3) is 0.692. The summed E-state index contributed by atoms with van der Waals surface area (Å²) in [6.45, 7) is 7.85. The van der Waals surface area contributed by atoms with Crippen molar-refractivity contribution in [3.63, 3.8) is 0 Å². The summed E-state index contributed by atoms with van der Waals surface area (Å²) in [5, 5.41) is 6.83. The van der Waals surface area contributed by atoms with E-state index in [2.05, 4.69) is 52.5 Å². The van der Waals surface area contributed by atoms with Gasteiger partial charge in [-0.05, 0) is 73.0 Å². The lowest BCUT2D eigenvalue weighted by molar-refractivity contribution is 0.354. The van der Waals surface area contributed by atoms with Crippen LogP contribution in [0.4, 0.5) is 0 Å². The van der Waals surface area contributed by atoms with E-state index < -0.39 is 0 Å². The quantitative estimate of drug-likeness (QED) is 0.720. The van der Waals surface area contributed by atoms with Gasteiger partial charge in [-0.15, -0.1) is 11.3 Å². The van der Waals surface area contributed by atoms with Crippen LogP contribution in [0.25, 0.3) is 0 Å². The van der Waals surface area contributed by atoms with Crippen LogP contribution in [0.15, 0.2) is 15.9 Å². The first-order valence-corrected chi connectivity index (χ1v) is 7.84. The number of hydrogen-bond acceptors (Lipinski definition) is 3. The minimum Gasteiger partial charge on any atom is -0.319 e. The molecular weight excluding hydrogens is 296 g/mol. The van der Waals surface area contributed by atoms with Gasteiger partial charge in [0.15, 0.2) is 0 Å². The second-order valence-electron chi connectivity index (χ2n) is 4.72. The lowest BCUT2D eigenvalue weighted by Gasteiger charge is -2.20. The Morgan fingerprint density at radius 2 is 2.06 bits per heavy atom. The fourth-order valence-electron chi connectivity index (χ4n) is 1.79. The average Bonchev–Trinajstić information content (AvgIpc) is 2.68. The minimum atomic E-state index is 0.718. The number of rotatable bonds is 8. The van der Waals surface area contributed by atoms with E-state index in [1.54, 1.807) is 0 Å². The summed E-state index contributed by atoms with van der Waals surface area (Å²) >= 11 is 5.32. The average molecular weight is 319 g/mol. The maximum absolute atomic E-state index is 3.56. The van der Waals surface area contributed by atoms with E-state index in [-0.39, 0.29) is 0 Å². The molecule has 1 atom stereocenters. The van der Waals surface area contributed by atoms with Crippen molar-refractivity contribution in [1.29, 1.82) is 0 Å². The maximum atomic E-state index is 3.56. The van der Waals surface area contributed by atoms with Crippen LogP contribution in [0.3, 0.4) is 0 Å². The van der Waals surface area contributed by atoms with Crippen molar-refractivity contribution in [1.82, 2.24) is 10.6 Å². The van der Waals surface area contributed by atoms with Crippen LogP contribution in [-0.2, 0) is 6.42 Å². The Balaban J connectivity index is 2.18. The Hall–Kier alpha value is 0.1000. The third-order valence-electron chi connectivity index (χ3n) is 2.99. The Morgan fingerprint density at radius 1 is 1.29 bits per heavy atom. The predicted octanol–water partition coefficient (Wildman–Crippen LogP) is 3.13. The molecule has 0 bridgehead atoms. The highest BCUT2D eigenvalue weighted by Gasteiger charge is 2.11. The molecule has 0 aliphatic rings. The molecule has 1 aromatic rings. The third-order valence-corrected chi connectivity index (χ3v) is 4.68. The molecule has 4 heteroatoms. The summed E-state index contributed by atoms with van der Waals surface area (Å²) in [5.41, 5.74) is 0. The molecule has 98 valence electrons. The van der Waals surface area contributed by atoms with Gasteiger partial charge in [0, 0.05) is 4.88 Å². The van der Waals surface area contributed by atoms with Crippen LogP contribution >= 0.6 is 27.3 Å². The topological polar surface area (TPSA) is 24.1 Å². The number of halogens is 1. The third kappa shape index (κ3) is 6.00. The van der Waals surface area contributed by atoms with Crippen LogP contribution in [0, 0.1) is 11.8 Å². The van der Waals surface area contributed by atoms with Gasteiger partial charge in [-0.2, -0.15) is 0 Å². The molecule has 0 aliphatic heterocycles. The number of nitrogens with one attached hydrogen (secondary N) is 2. The first-order chi connectivity index (χ1) is 8.13. The first kappa shape index (κ1) is 15.2. The Morgan fingerprint density at radius 3 is 2.59 bits per heavy atom. The van der Waals surface area contributed by atoms with Crippen molar-refractivity contribution in [2.24, 2.45) is 11.8 Å². The van der Waals surface area contributed by atoms with E-state index >= 15 is 0 Å². The van der Waals surface area contributed by atoms with Crippen molar-refractivity contribution in [2.45, 2.75) is 20.3 Å². The van der Waals surface area contributed by atoms with Crippen LogP contribution in [-0.4, -0.2) is 26.7 Å². The van der Waals surface area contributed by atoms with Crippen molar-refractivity contribution in [3.05, 3.63) is 20.8 Å². The van der Waals surface area contributed by atoms with E-state index in [0.29, 0.717) is 0 Å². The maximum Gasteiger partial charge on any atom is 0.0701 e. The minimum absolute atomic E-state index is 0.718. The highest BCUT2D eigenvalue weighted by molar-refractivity contribution is 9.11. The predicted molar refractivity (Wildman–Crippen MR) is 80.8 cm³/mol. The van der Waals surface area contributed by atoms with E-state index in [4.69, 9.17) is 0 Å². The van der Waals surface area contributed by atoms with Gasteiger partial charge < -0.3 is 10.6 Å². The molecule has 0 aromatic carbocycles. The summed E-state index contributed by atoms with van der Waals surface area (Å²) in [6.07, 6.45) is 1.13. The van der Waals surface area contributed by atoms with Crippen molar-refractivity contribution in [2.75, 3.05) is 26.7 Å². The van der Waals surface area contributed by atoms with Crippen molar-refractivity contribution in [3.8, 4) is 0 Å². The first-order valence-electron chi connectivity index (χ1n) is 6.23. The molecule has 1 heterocycles. The van der Waals surface area contributed by atoms with E-state index in [9.17, 15) is 0 Å². The number of hydrogen-bond donors (Lipinski definition) is 2. The molecule has 0 saturated heterocycles. The van der Waals surface area contributed by atoms with E-state index in [1.807, 2.05) is 18.4 Å². The zero-order valence-corrected chi connectivity index (χ0v) is 13.3.